The van der Waals surface area contributed by atoms with Crippen molar-refractivity contribution in [1.29, 1.82) is 0 Å². The van der Waals surface area contributed by atoms with Crippen molar-refractivity contribution in [3.8, 4) is 0 Å². The van der Waals surface area contributed by atoms with Gasteiger partial charge in [0.1, 0.15) is 12.1 Å². The van der Waals surface area contributed by atoms with E-state index in [-0.39, 0.29) is 12.5 Å². The minimum absolute atomic E-state index is 0.0378. The Morgan fingerprint density at radius 1 is 1.08 bits per heavy atom. The molecule has 0 aliphatic heterocycles. The average Bonchev–Trinajstić information content (AvgIpc) is 2.55. The number of carboxylic acids is 1. The highest BCUT2D eigenvalue weighted by Gasteiger charge is 2.24. The Labute approximate surface area is 140 Å². The Balaban J connectivity index is 4.34. The zero-order valence-corrected chi connectivity index (χ0v) is 14.0. The highest BCUT2D eigenvalue weighted by Crippen LogP contribution is 2.04. The van der Waals surface area contributed by atoms with Crippen molar-refractivity contribution >= 4 is 23.7 Å². The summed E-state index contributed by atoms with van der Waals surface area (Å²) in [7, 11) is 0. The number of carbonyl (C=O) groups excluding carboxylic acids is 3. The first kappa shape index (κ1) is 21.8. The summed E-state index contributed by atoms with van der Waals surface area (Å²) in [4.78, 5) is 45.9. The van der Waals surface area contributed by atoms with E-state index >= 15 is 0 Å². The number of carboxylic acid groups (broad SMARTS) is 1. The molecule has 0 saturated carbocycles. The van der Waals surface area contributed by atoms with Crippen molar-refractivity contribution < 1.29 is 29.4 Å². The molecular weight excluding hydrogens is 320 g/mol. The highest BCUT2D eigenvalue weighted by molar-refractivity contribution is 5.92. The maximum atomic E-state index is 11.7. The van der Waals surface area contributed by atoms with Crippen LogP contribution in [0.2, 0.25) is 0 Å². The van der Waals surface area contributed by atoms with Crippen LogP contribution in [-0.4, -0.2) is 65.2 Å². The number of aliphatic hydroxyl groups excluding tert-OH is 1. The standard InChI is InChI=1S/C14H26N4O6/c1-4-7(2)11(15)13(22)16-5-10(20)17-8(3)12(21)18-9(6-19)14(23)24/h7-9,11,19H,4-6,15H2,1-3H3,(H,16,22)(H,17,20)(H,18,21)(H,23,24). The number of rotatable bonds is 10. The molecule has 138 valence electrons. The zero-order chi connectivity index (χ0) is 18.9. The third-order valence-electron chi connectivity index (χ3n) is 3.55. The summed E-state index contributed by atoms with van der Waals surface area (Å²) in [5.74, 6) is -3.30. The SMILES string of the molecule is CCC(C)C(N)C(=O)NCC(=O)NC(C)C(=O)NC(CO)C(=O)O. The Bertz CT molecular complexity index is 470. The fourth-order valence-electron chi connectivity index (χ4n) is 1.64. The first-order valence-corrected chi connectivity index (χ1v) is 7.60. The van der Waals surface area contributed by atoms with Crippen molar-refractivity contribution in [3.63, 3.8) is 0 Å². The summed E-state index contributed by atoms with van der Waals surface area (Å²) >= 11 is 0. The normalized spacial score (nSPS) is 15.5. The van der Waals surface area contributed by atoms with Crippen LogP contribution in [0.1, 0.15) is 27.2 Å². The average molecular weight is 346 g/mol. The predicted octanol–water partition coefficient (Wildman–Crippen LogP) is -2.46. The number of amides is 3. The molecule has 4 atom stereocenters. The molecule has 10 nitrogen and oxygen atoms in total. The van der Waals surface area contributed by atoms with E-state index in [1.54, 1.807) is 0 Å². The van der Waals surface area contributed by atoms with Crippen molar-refractivity contribution in [2.75, 3.05) is 13.2 Å². The summed E-state index contributed by atoms with van der Waals surface area (Å²) < 4.78 is 0. The summed E-state index contributed by atoms with van der Waals surface area (Å²) in [6.07, 6.45) is 0.716. The summed E-state index contributed by atoms with van der Waals surface area (Å²) in [6.45, 7) is 3.92. The minimum Gasteiger partial charge on any atom is -0.480 e. The molecule has 0 aromatic carbocycles. The number of aliphatic carboxylic acids is 1. The molecule has 0 saturated heterocycles. The lowest BCUT2D eigenvalue weighted by Gasteiger charge is -2.19. The molecule has 0 heterocycles. The molecule has 10 heteroatoms. The molecule has 3 amide bonds. The molecule has 24 heavy (non-hydrogen) atoms. The fraction of sp³-hybridized carbons (Fsp3) is 0.714. The lowest BCUT2D eigenvalue weighted by atomic mass is 9.99. The van der Waals surface area contributed by atoms with E-state index in [0.29, 0.717) is 6.42 Å². The Morgan fingerprint density at radius 2 is 1.67 bits per heavy atom. The van der Waals surface area contributed by atoms with E-state index in [0.717, 1.165) is 0 Å². The molecule has 0 radical (unpaired) electrons. The number of nitrogens with two attached hydrogens (primary N) is 1. The van der Waals surface area contributed by atoms with Crippen LogP contribution in [-0.2, 0) is 19.2 Å². The van der Waals surface area contributed by atoms with E-state index in [9.17, 15) is 19.2 Å². The van der Waals surface area contributed by atoms with Gasteiger partial charge in [-0.1, -0.05) is 20.3 Å². The van der Waals surface area contributed by atoms with Gasteiger partial charge in [-0.2, -0.15) is 0 Å². The van der Waals surface area contributed by atoms with Crippen molar-refractivity contribution in [3.05, 3.63) is 0 Å². The molecule has 0 fully saturated rings. The van der Waals surface area contributed by atoms with Crippen LogP contribution in [0.5, 0.6) is 0 Å². The van der Waals surface area contributed by atoms with Gasteiger partial charge >= 0.3 is 5.97 Å². The first-order valence-electron chi connectivity index (χ1n) is 7.60. The van der Waals surface area contributed by atoms with Crippen LogP contribution >= 0.6 is 0 Å². The molecular formula is C14H26N4O6. The van der Waals surface area contributed by atoms with Gasteiger partial charge in [0.15, 0.2) is 0 Å². The molecule has 4 unspecified atom stereocenters. The Kier molecular flexibility index (Phi) is 9.58. The molecule has 0 spiro atoms. The third kappa shape index (κ3) is 7.38. The van der Waals surface area contributed by atoms with Gasteiger partial charge in [0.05, 0.1) is 19.2 Å². The molecule has 0 rings (SSSR count). The van der Waals surface area contributed by atoms with E-state index in [1.807, 2.05) is 13.8 Å². The zero-order valence-electron chi connectivity index (χ0n) is 14.0. The second-order valence-electron chi connectivity index (χ2n) is 5.50. The van der Waals surface area contributed by atoms with Gasteiger partial charge < -0.3 is 31.9 Å². The number of nitrogens with one attached hydrogen (secondary N) is 3. The Hall–Kier alpha value is -2.20. The quantitative estimate of drug-likeness (QED) is 0.255. The van der Waals surface area contributed by atoms with Gasteiger partial charge in [-0.15, -0.1) is 0 Å². The van der Waals surface area contributed by atoms with E-state index in [4.69, 9.17) is 15.9 Å². The second-order valence-corrected chi connectivity index (χ2v) is 5.50. The topological polar surface area (TPSA) is 171 Å². The van der Waals surface area contributed by atoms with Gasteiger partial charge in [-0.3, -0.25) is 14.4 Å². The molecule has 0 bridgehead atoms. The van der Waals surface area contributed by atoms with Gasteiger partial charge in [-0.05, 0) is 12.8 Å². The van der Waals surface area contributed by atoms with Gasteiger partial charge in [0.2, 0.25) is 17.7 Å². The molecule has 0 aromatic rings. The van der Waals surface area contributed by atoms with E-state index in [2.05, 4.69) is 16.0 Å². The van der Waals surface area contributed by atoms with Crippen LogP contribution in [0.4, 0.5) is 0 Å². The number of hydrogen-bond donors (Lipinski definition) is 6. The lowest BCUT2D eigenvalue weighted by Crippen LogP contribution is -2.53. The Morgan fingerprint density at radius 3 is 2.12 bits per heavy atom. The molecule has 7 N–H and O–H groups in total. The summed E-state index contributed by atoms with van der Waals surface area (Å²) in [5, 5.41) is 24.3. The second kappa shape index (κ2) is 10.6. The van der Waals surface area contributed by atoms with Crippen LogP contribution in [0.3, 0.4) is 0 Å². The number of hydrogen-bond acceptors (Lipinski definition) is 6. The lowest BCUT2D eigenvalue weighted by molar-refractivity contribution is -0.143. The first-order chi connectivity index (χ1) is 11.1. The van der Waals surface area contributed by atoms with Gasteiger partial charge in [0, 0.05) is 0 Å². The summed E-state index contributed by atoms with van der Waals surface area (Å²) in [6, 6.07) is -3.22. The van der Waals surface area contributed by atoms with Crippen molar-refractivity contribution in [2.45, 2.75) is 45.3 Å². The van der Waals surface area contributed by atoms with Crippen LogP contribution in [0.15, 0.2) is 0 Å². The number of aliphatic hydroxyl groups is 1. The summed E-state index contributed by atoms with van der Waals surface area (Å²) in [5.41, 5.74) is 5.72. The monoisotopic (exact) mass is 346 g/mol. The highest BCUT2D eigenvalue weighted by atomic mass is 16.4. The van der Waals surface area contributed by atoms with Crippen molar-refractivity contribution in [2.24, 2.45) is 11.7 Å². The van der Waals surface area contributed by atoms with Crippen LogP contribution in [0, 0.1) is 5.92 Å². The predicted molar refractivity (Wildman–Crippen MR) is 84.7 cm³/mol. The van der Waals surface area contributed by atoms with Gasteiger partial charge in [0.25, 0.3) is 0 Å². The fourth-order valence-corrected chi connectivity index (χ4v) is 1.64. The van der Waals surface area contributed by atoms with Crippen LogP contribution < -0.4 is 21.7 Å². The van der Waals surface area contributed by atoms with E-state index < -0.39 is 48.4 Å². The van der Waals surface area contributed by atoms with Crippen LogP contribution in [0.25, 0.3) is 0 Å². The third-order valence-corrected chi connectivity index (χ3v) is 3.55. The molecule has 0 aromatic heterocycles. The maximum absolute atomic E-state index is 11.7. The van der Waals surface area contributed by atoms with Crippen molar-refractivity contribution in [1.82, 2.24) is 16.0 Å². The molecule has 0 aliphatic rings. The number of carbonyl (C=O) groups is 4. The smallest absolute Gasteiger partial charge is 0.328 e. The van der Waals surface area contributed by atoms with Gasteiger partial charge in [-0.25, -0.2) is 4.79 Å². The van der Waals surface area contributed by atoms with E-state index in [1.165, 1.54) is 6.92 Å². The molecule has 0 aliphatic carbocycles. The largest absolute Gasteiger partial charge is 0.480 e. The minimum atomic E-state index is -1.45. The maximum Gasteiger partial charge on any atom is 0.328 e.